The molecule has 0 fully saturated rings. The Morgan fingerprint density at radius 3 is 2.05 bits per heavy atom. The molecule has 0 aliphatic heterocycles. The van der Waals surface area contributed by atoms with Gasteiger partial charge in [-0.2, -0.15) is 0 Å². The lowest BCUT2D eigenvalue weighted by Gasteiger charge is -2.35. The van der Waals surface area contributed by atoms with Gasteiger partial charge in [-0.15, -0.1) is 0 Å². The third kappa shape index (κ3) is 10.4. The summed E-state index contributed by atoms with van der Waals surface area (Å²) in [6, 6.07) is 9.41. The van der Waals surface area contributed by atoms with Crippen LogP contribution in [0.15, 0.2) is 36.4 Å². The van der Waals surface area contributed by atoms with Crippen LogP contribution >= 0.6 is 11.6 Å². The van der Waals surface area contributed by atoms with Crippen molar-refractivity contribution in [2.24, 2.45) is 0 Å². The van der Waals surface area contributed by atoms with Crippen LogP contribution in [-0.4, -0.2) is 41.0 Å². The van der Waals surface area contributed by atoms with Crippen LogP contribution in [0.3, 0.4) is 0 Å². The predicted octanol–water partition coefficient (Wildman–Crippen LogP) is 8.05. The Morgan fingerprint density at radius 2 is 1.46 bits per heavy atom. The van der Waals surface area contributed by atoms with Crippen LogP contribution in [0, 0.1) is 20.8 Å². The highest BCUT2D eigenvalue weighted by Crippen LogP contribution is 2.32. The van der Waals surface area contributed by atoms with Crippen LogP contribution in [0.1, 0.15) is 101 Å². The average molecular weight is 586 g/mol. The van der Waals surface area contributed by atoms with Gasteiger partial charge in [-0.3, -0.25) is 9.59 Å². The minimum atomic E-state index is -0.932. The number of amides is 3. The number of ether oxygens (including phenoxy) is 1. The van der Waals surface area contributed by atoms with Crippen molar-refractivity contribution < 1.29 is 19.1 Å². The maximum absolute atomic E-state index is 14.2. The van der Waals surface area contributed by atoms with Crippen LogP contribution in [0.4, 0.5) is 10.5 Å². The van der Waals surface area contributed by atoms with Crippen molar-refractivity contribution in [1.29, 1.82) is 0 Å². The van der Waals surface area contributed by atoms with Gasteiger partial charge < -0.3 is 20.3 Å². The minimum absolute atomic E-state index is 0.358. The quantitative estimate of drug-likeness (QED) is 0.233. The highest BCUT2D eigenvalue weighted by molar-refractivity contribution is 6.34. The fraction of sp³-hybridized carbons (Fsp3) is 0.545. The molecule has 0 aliphatic carbocycles. The van der Waals surface area contributed by atoms with E-state index in [2.05, 4.69) is 17.6 Å². The van der Waals surface area contributed by atoms with Crippen LogP contribution in [0.25, 0.3) is 0 Å². The number of aryl methyl sites for hydroxylation is 3. The number of halogens is 1. The molecule has 2 aromatic rings. The number of benzene rings is 2. The number of unbranched alkanes of at least 4 members (excludes halogenated alkanes) is 5. The summed E-state index contributed by atoms with van der Waals surface area (Å²) in [4.78, 5) is 42.5. The van der Waals surface area contributed by atoms with Crippen molar-refractivity contribution >= 4 is 35.2 Å². The van der Waals surface area contributed by atoms with E-state index in [0.29, 0.717) is 17.3 Å². The zero-order chi connectivity index (χ0) is 30.7. The average Bonchev–Trinajstić information content (AvgIpc) is 2.87. The molecule has 41 heavy (non-hydrogen) atoms. The highest BCUT2D eigenvalue weighted by Gasteiger charge is 2.36. The molecule has 0 saturated heterocycles. The summed E-state index contributed by atoms with van der Waals surface area (Å²) < 4.78 is 5.40. The van der Waals surface area contributed by atoms with Gasteiger partial charge in [-0.1, -0.05) is 81.0 Å². The second kappa shape index (κ2) is 15.8. The molecule has 3 amide bonds. The zero-order valence-electron chi connectivity index (χ0n) is 26.0. The second-order valence-corrected chi connectivity index (χ2v) is 12.2. The maximum atomic E-state index is 14.2. The summed E-state index contributed by atoms with van der Waals surface area (Å²) in [6.07, 6.45) is 5.49. The number of hydrogen-bond acceptors (Lipinski definition) is 4. The summed E-state index contributed by atoms with van der Waals surface area (Å²) >= 11 is 6.48. The van der Waals surface area contributed by atoms with Crippen molar-refractivity contribution in [1.82, 2.24) is 10.2 Å². The Labute approximate surface area is 251 Å². The third-order valence-corrected chi connectivity index (χ3v) is 7.30. The lowest BCUT2D eigenvalue weighted by molar-refractivity contribution is -0.140. The standard InChI is InChI=1S/C33H48ClN3O4/c1-9-10-11-12-13-14-21-37(31(39)25(5)35-32(40)41-33(6,7)8)29(27-22(2)17-15-18-23(27)3)30(38)36-28-24(4)19-16-20-26(28)34/h15-20,25,29H,9-14,21H2,1-8H3,(H,35,40)(H,36,38). The highest BCUT2D eigenvalue weighted by atomic mass is 35.5. The lowest BCUT2D eigenvalue weighted by atomic mass is 9.93. The first kappa shape index (κ1) is 34.1. The Morgan fingerprint density at radius 1 is 0.902 bits per heavy atom. The maximum Gasteiger partial charge on any atom is 0.408 e. The fourth-order valence-corrected chi connectivity index (χ4v) is 5.16. The number of carbonyl (C=O) groups is 3. The molecule has 0 aliphatic rings. The van der Waals surface area contributed by atoms with Gasteiger partial charge in [0.15, 0.2) is 0 Å². The van der Waals surface area contributed by atoms with Crippen molar-refractivity contribution in [2.75, 3.05) is 11.9 Å². The molecule has 0 saturated carbocycles. The number of anilines is 1. The number of hydrogen-bond donors (Lipinski definition) is 2. The second-order valence-electron chi connectivity index (χ2n) is 11.8. The lowest BCUT2D eigenvalue weighted by Crippen LogP contribution is -2.51. The Bertz CT molecular complexity index is 1150. The molecular weight excluding hydrogens is 538 g/mol. The van der Waals surface area contributed by atoms with Crippen LogP contribution < -0.4 is 10.6 Å². The molecule has 0 heterocycles. The van der Waals surface area contributed by atoms with E-state index in [1.807, 2.05) is 51.1 Å². The van der Waals surface area contributed by atoms with Crippen LogP contribution in [0.2, 0.25) is 5.02 Å². The van der Waals surface area contributed by atoms with E-state index in [9.17, 15) is 14.4 Å². The molecule has 7 nitrogen and oxygen atoms in total. The number of nitrogens with zero attached hydrogens (tertiary/aromatic N) is 1. The minimum Gasteiger partial charge on any atom is -0.444 e. The number of para-hydroxylation sites is 1. The fourth-order valence-electron chi connectivity index (χ4n) is 4.89. The van der Waals surface area contributed by atoms with Gasteiger partial charge in [0.2, 0.25) is 5.91 Å². The van der Waals surface area contributed by atoms with E-state index in [1.165, 1.54) is 6.42 Å². The molecule has 226 valence electrons. The number of carbonyl (C=O) groups excluding carboxylic acids is 3. The van der Waals surface area contributed by atoms with Crippen LogP contribution in [0.5, 0.6) is 0 Å². The molecule has 2 aromatic carbocycles. The van der Waals surface area contributed by atoms with Crippen molar-refractivity contribution in [3.05, 3.63) is 63.7 Å². The van der Waals surface area contributed by atoms with Gasteiger partial charge in [-0.05, 0) is 83.2 Å². The normalized spacial score (nSPS) is 12.8. The van der Waals surface area contributed by atoms with E-state index in [-0.39, 0.29) is 11.8 Å². The molecule has 0 bridgehead atoms. The Balaban J connectivity index is 2.51. The molecule has 0 spiro atoms. The van der Waals surface area contributed by atoms with Gasteiger partial charge in [0.25, 0.3) is 5.91 Å². The van der Waals surface area contributed by atoms with E-state index >= 15 is 0 Å². The molecule has 8 heteroatoms. The molecule has 2 rings (SSSR count). The molecule has 2 N–H and O–H groups in total. The van der Waals surface area contributed by atoms with Gasteiger partial charge >= 0.3 is 6.09 Å². The first-order valence-electron chi connectivity index (χ1n) is 14.7. The molecule has 0 radical (unpaired) electrons. The Kier molecular flexibility index (Phi) is 13.2. The Hall–Kier alpha value is -3.06. The zero-order valence-corrected chi connectivity index (χ0v) is 26.8. The predicted molar refractivity (Wildman–Crippen MR) is 167 cm³/mol. The summed E-state index contributed by atoms with van der Waals surface area (Å²) in [7, 11) is 0. The summed E-state index contributed by atoms with van der Waals surface area (Å²) in [5.74, 6) is -0.717. The largest absolute Gasteiger partial charge is 0.444 e. The monoisotopic (exact) mass is 585 g/mol. The van der Waals surface area contributed by atoms with E-state index in [0.717, 1.165) is 54.4 Å². The van der Waals surface area contributed by atoms with Crippen molar-refractivity contribution in [3.8, 4) is 0 Å². The molecule has 0 aromatic heterocycles. The van der Waals surface area contributed by atoms with Gasteiger partial charge in [0.1, 0.15) is 17.7 Å². The number of alkyl carbamates (subject to hydrolysis) is 1. The first-order chi connectivity index (χ1) is 19.3. The van der Waals surface area contributed by atoms with E-state index in [4.69, 9.17) is 16.3 Å². The van der Waals surface area contributed by atoms with E-state index in [1.54, 1.807) is 38.7 Å². The SMILES string of the molecule is CCCCCCCCN(C(=O)C(C)NC(=O)OC(C)(C)C)C(C(=O)Nc1c(C)cccc1Cl)c1c(C)cccc1C. The topological polar surface area (TPSA) is 87.7 Å². The van der Waals surface area contributed by atoms with Gasteiger partial charge in [-0.25, -0.2) is 4.79 Å². The van der Waals surface area contributed by atoms with Crippen LogP contribution in [-0.2, 0) is 14.3 Å². The molecular formula is C33H48ClN3O4. The first-order valence-corrected chi connectivity index (χ1v) is 15.1. The van der Waals surface area contributed by atoms with Crippen molar-refractivity contribution in [3.63, 3.8) is 0 Å². The molecule has 2 unspecified atom stereocenters. The summed E-state index contributed by atoms with van der Waals surface area (Å²) in [5, 5.41) is 6.11. The third-order valence-electron chi connectivity index (χ3n) is 6.99. The summed E-state index contributed by atoms with van der Waals surface area (Å²) in [6.45, 7) is 15.2. The van der Waals surface area contributed by atoms with Gasteiger partial charge in [0, 0.05) is 6.54 Å². The summed E-state index contributed by atoms with van der Waals surface area (Å²) in [5.41, 5.74) is 3.18. The number of nitrogens with one attached hydrogen (secondary N) is 2. The number of rotatable bonds is 13. The van der Waals surface area contributed by atoms with Gasteiger partial charge in [0.05, 0.1) is 10.7 Å². The molecule has 2 atom stereocenters. The van der Waals surface area contributed by atoms with Crippen molar-refractivity contribution in [2.45, 2.75) is 112 Å². The smallest absolute Gasteiger partial charge is 0.408 e. The van der Waals surface area contributed by atoms with E-state index < -0.39 is 23.8 Å².